The molecule has 116 valence electrons. The molecule has 1 nitrogen and oxygen atoms in total. The number of nitrogens with one attached hydrogen (secondary N) is 1. The minimum Gasteiger partial charge on any atom is -0.410 e. The summed E-state index contributed by atoms with van der Waals surface area (Å²) >= 11 is 0. The van der Waals surface area contributed by atoms with Gasteiger partial charge in [-0.1, -0.05) is 89.0 Å². The highest BCUT2D eigenvalue weighted by Gasteiger charge is 2.44. The fourth-order valence-corrected chi connectivity index (χ4v) is 9.85. The van der Waals surface area contributed by atoms with E-state index >= 15 is 0 Å². The Balaban J connectivity index is 1.81. The zero-order valence-electron chi connectivity index (χ0n) is 13.6. The number of hydrogen-bond donors (Lipinski definition) is 1. The second-order valence-corrected chi connectivity index (χ2v) is 11.9. The van der Waals surface area contributed by atoms with Crippen LogP contribution in [-0.4, -0.2) is 8.24 Å². The van der Waals surface area contributed by atoms with Crippen molar-refractivity contribution >= 4 is 13.9 Å². The largest absolute Gasteiger partial charge is 0.410 e. The summed E-state index contributed by atoms with van der Waals surface area (Å²) in [5.74, 6) is 0. The lowest BCUT2D eigenvalue weighted by molar-refractivity contribution is 0.454. The molecule has 2 aliphatic rings. The maximum absolute atomic E-state index is 4.13. The first-order valence-electron chi connectivity index (χ1n) is 9.12. The Morgan fingerprint density at radius 3 is 1.71 bits per heavy atom. The molecule has 2 heteroatoms. The molecular weight excluding hydrogens is 270 g/mol. The van der Waals surface area contributed by atoms with Crippen LogP contribution in [0.5, 0.6) is 0 Å². The number of para-hydroxylation sites is 1. The maximum atomic E-state index is 4.13. The Kier molecular flexibility index (Phi) is 5.05. The minimum absolute atomic E-state index is 0.995. The van der Waals surface area contributed by atoms with Gasteiger partial charge in [-0.05, 0) is 23.2 Å². The van der Waals surface area contributed by atoms with Gasteiger partial charge in [-0.3, -0.25) is 0 Å². The predicted molar refractivity (Wildman–Crippen MR) is 95.4 cm³/mol. The van der Waals surface area contributed by atoms with Gasteiger partial charge in [0.25, 0.3) is 0 Å². The first kappa shape index (κ1) is 15.1. The zero-order valence-corrected chi connectivity index (χ0v) is 14.6. The van der Waals surface area contributed by atoms with Gasteiger partial charge in [0, 0.05) is 5.69 Å². The van der Waals surface area contributed by atoms with Crippen molar-refractivity contribution in [3.05, 3.63) is 30.3 Å². The molecule has 2 fully saturated rings. The Hall–Kier alpha value is -0.763. The van der Waals surface area contributed by atoms with Crippen LogP contribution in [0.1, 0.15) is 64.2 Å². The molecular formula is C19H31NSi. The minimum atomic E-state index is -1.44. The lowest BCUT2D eigenvalue weighted by atomic mass is 9.99. The van der Waals surface area contributed by atoms with Crippen LogP contribution in [0.4, 0.5) is 5.69 Å². The Labute approximate surface area is 131 Å². The Bertz CT molecular complexity index is 400. The molecule has 1 aromatic carbocycles. The van der Waals surface area contributed by atoms with E-state index in [9.17, 15) is 0 Å². The third-order valence-electron chi connectivity index (χ3n) is 6.09. The van der Waals surface area contributed by atoms with E-state index in [1.807, 2.05) is 0 Å². The molecule has 1 N–H and O–H groups in total. The molecule has 1 aromatic rings. The molecule has 0 spiro atoms. The van der Waals surface area contributed by atoms with Gasteiger partial charge in [0.2, 0.25) is 0 Å². The summed E-state index contributed by atoms with van der Waals surface area (Å²) in [6.07, 6.45) is 14.8. The van der Waals surface area contributed by atoms with E-state index in [1.165, 1.54) is 69.9 Å². The molecule has 0 saturated heterocycles. The van der Waals surface area contributed by atoms with Gasteiger partial charge in [0.15, 0.2) is 8.24 Å². The Morgan fingerprint density at radius 2 is 1.24 bits per heavy atom. The van der Waals surface area contributed by atoms with E-state index in [4.69, 9.17) is 0 Å². The van der Waals surface area contributed by atoms with E-state index in [-0.39, 0.29) is 0 Å². The van der Waals surface area contributed by atoms with Crippen molar-refractivity contribution in [1.29, 1.82) is 0 Å². The highest BCUT2D eigenvalue weighted by atomic mass is 28.3. The van der Waals surface area contributed by atoms with Gasteiger partial charge in [0.1, 0.15) is 0 Å². The van der Waals surface area contributed by atoms with Crippen molar-refractivity contribution in [2.24, 2.45) is 0 Å². The van der Waals surface area contributed by atoms with Gasteiger partial charge in [-0.15, -0.1) is 0 Å². The third kappa shape index (κ3) is 3.53. The summed E-state index contributed by atoms with van der Waals surface area (Å²) in [6, 6.07) is 11.0. The van der Waals surface area contributed by atoms with Crippen LogP contribution in [0, 0.1) is 0 Å². The van der Waals surface area contributed by atoms with E-state index in [0.717, 1.165) is 11.1 Å². The molecule has 0 atom stereocenters. The molecule has 0 heterocycles. The van der Waals surface area contributed by atoms with E-state index in [2.05, 4.69) is 41.9 Å². The highest BCUT2D eigenvalue weighted by Crippen LogP contribution is 2.48. The molecule has 2 saturated carbocycles. The van der Waals surface area contributed by atoms with Crippen LogP contribution in [0.15, 0.2) is 30.3 Å². The normalized spacial score (nSPS) is 22.1. The van der Waals surface area contributed by atoms with Crippen LogP contribution in [-0.2, 0) is 0 Å². The van der Waals surface area contributed by atoms with E-state index in [0.29, 0.717) is 0 Å². The second kappa shape index (κ2) is 7.00. The van der Waals surface area contributed by atoms with Gasteiger partial charge < -0.3 is 4.98 Å². The lowest BCUT2D eigenvalue weighted by Crippen LogP contribution is -2.51. The Morgan fingerprint density at radius 1 is 0.762 bits per heavy atom. The van der Waals surface area contributed by atoms with Crippen LogP contribution in [0.25, 0.3) is 0 Å². The third-order valence-corrected chi connectivity index (χ3v) is 11.5. The van der Waals surface area contributed by atoms with Gasteiger partial charge >= 0.3 is 0 Å². The van der Waals surface area contributed by atoms with Crippen LogP contribution < -0.4 is 4.98 Å². The summed E-state index contributed by atoms with van der Waals surface area (Å²) in [4.78, 5) is 4.13. The SMILES string of the molecule is C[Si](Nc1ccccc1)(C1CCCCC1)C1CCCCC1. The quantitative estimate of drug-likeness (QED) is 0.640. The maximum Gasteiger partial charge on any atom is 0.156 e. The summed E-state index contributed by atoms with van der Waals surface area (Å²) in [6.45, 7) is 2.67. The van der Waals surface area contributed by atoms with Crippen molar-refractivity contribution in [3.8, 4) is 0 Å². The van der Waals surface area contributed by atoms with Gasteiger partial charge in [-0.2, -0.15) is 0 Å². The number of benzene rings is 1. The lowest BCUT2D eigenvalue weighted by Gasteiger charge is -2.46. The summed E-state index contributed by atoms with van der Waals surface area (Å²) in [5.41, 5.74) is 3.37. The van der Waals surface area contributed by atoms with Crippen molar-refractivity contribution < 1.29 is 0 Å². The fourth-order valence-electron chi connectivity index (χ4n) is 4.77. The van der Waals surface area contributed by atoms with Crippen molar-refractivity contribution in [2.45, 2.75) is 81.8 Å². The van der Waals surface area contributed by atoms with Crippen molar-refractivity contribution in [1.82, 2.24) is 0 Å². The average molecular weight is 302 g/mol. The molecule has 0 amide bonds. The zero-order chi connectivity index (χ0) is 14.5. The van der Waals surface area contributed by atoms with Gasteiger partial charge in [0.05, 0.1) is 0 Å². The fraction of sp³-hybridized carbons (Fsp3) is 0.684. The molecule has 0 radical (unpaired) electrons. The number of rotatable bonds is 4. The molecule has 0 aliphatic heterocycles. The molecule has 0 unspecified atom stereocenters. The van der Waals surface area contributed by atoms with Crippen LogP contribution in [0.2, 0.25) is 17.6 Å². The molecule has 0 aromatic heterocycles. The molecule has 0 bridgehead atoms. The predicted octanol–water partition coefficient (Wildman–Crippen LogP) is 6.34. The van der Waals surface area contributed by atoms with Crippen molar-refractivity contribution in [2.75, 3.05) is 4.98 Å². The summed E-state index contributed by atoms with van der Waals surface area (Å²) in [7, 11) is -1.44. The van der Waals surface area contributed by atoms with Gasteiger partial charge in [-0.25, -0.2) is 0 Å². The highest BCUT2D eigenvalue weighted by molar-refractivity contribution is 6.84. The topological polar surface area (TPSA) is 12.0 Å². The van der Waals surface area contributed by atoms with E-state index in [1.54, 1.807) is 0 Å². The molecule has 3 rings (SSSR count). The molecule has 2 aliphatic carbocycles. The number of anilines is 1. The first-order chi connectivity index (χ1) is 10.3. The monoisotopic (exact) mass is 301 g/mol. The second-order valence-electron chi connectivity index (χ2n) is 7.44. The standard InChI is InChI=1S/C19H31NSi/c1-21(18-13-7-3-8-14-18,19-15-9-4-10-16-19)20-17-11-5-2-6-12-17/h2,5-6,11-12,18-20H,3-4,7-10,13-16H2,1H3. The summed E-state index contributed by atoms with van der Waals surface area (Å²) < 4.78 is 0. The van der Waals surface area contributed by atoms with Crippen LogP contribution >= 0.6 is 0 Å². The van der Waals surface area contributed by atoms with Crippen molar-refractivity contribution in [3.63, 3.8) is 0 Å². The van der Waals surface area contributed by atoms with E-state index < -0.39 is 8.24 Å². The molecule has 21 heavy (non-hydrogen) atoms. The van der Waals surface area contributed by atoms with Crippen LogP contribution in [0.3, 0.4) is 0 Å². The summed E-state index contributed by atoms with van der Waals surface area (Å²) in [5, 5.41) is 0. The number of hydrogen-bond acceptors (Lipinski definition) is 1. The smallest absolute Gasteiger partial charge is 0.156 e. The average Bonchev–Trinajstić information content (AvgIpc) is 2.57. The first-order valence-corrected chi connectivity index (χ1v) is 11.8.